The Labute approximate surface area is 115 Å². The molecular formula is C13H24N4S. The number of rotatable bonds is 6. The minimum atomic E-state index is 0.396. The largest absolute Gasteiger partial charge is 0.373 e. The highest BCUT2D eigenvalue weighted by molar-refractivity contribution is 7.98. The third-order valence-electron chi connectivity index (χ3n) is 3.08. The molecule has 18 heavy (non-hydrogen) atoms. The molecule has 1 aromatic heterocycles. The molecule has 0 aliphatic carbocycles. The zero-order valence-corrected chi connectivity index (χ0v) is 13.0. The van der Waals surface area contributed by atoms with Gasteiger partial charge in [-0.3, -0.25) is 0 Å². The number of nitrogens with zero attached hydrogens (tertiary/aromatic N) is 3. The minimum absolute atomic E-state index is 0.396. The predicted octanol–water partition coefficient (Wildman–Crippen LogP) is 2.83. The fourth-order valence-corrected chi connectivity index (χ4v) is 2.67. The van der Waals surface area contributed by atoms with Gasteiger partial charge in [-0.25, -0.2) is 9.97 Å². The molecule has 0 radical (unpaired) electrons. The molecule has 0 bridgehead atoms. The van der Waals surface area contributed by atoms with Crippen LogP contribution in [0.2, 0.25) is 0 Å². The van der Waals surface area contributed by atoms with Crippen LogP contribution in [-0.2, 0) is 0 Å². The van der Waals surface area contributed by atoms with Crippen LogP contribution in [-0.4, -0.2) is 42.1 Å². The lowest BCUT2D eigenvalue weighted by Gasteiger charge is -2.29. The molecule has 1 aromatic rings. The zero-order chi connectivity index (χ0) is 13.7. The summed E-state index contributed by atoms with van der Waals surface area (Å²) >= 11 is 1.86. The summed E-state index contributed by atoms with van der Waals surface area (Å²) in [6.45, 7) is 6.58. The molecule has 0 amide bonds. The molecule has 5 heteroatoms. The van der Waals surface area contributed by atoms with Crippen molar-refractivity contribution in [3.63, 3.8) is 0 Å². The molecule has 0 spiro atoms. The van der Waals surface area contributed by atoms with Crippen molar-refractivity contribution < 1.29 is 0 Å². The summed E-state index contributed by atoms with van der Waals surface area (Å²) in [5.41, 5.74) is 1.19. The fraction of sp³-hybridized carbons (Fsp3) is 0.692. The highest BCUT2D eigenvalue weighted by atomic mass is 32.2. The van der Waals surface area contributed by atoms with E-state index >= 15 is 0 Å². The third-order valence-corrected chi connectivity index (χ3v) is 3.90. The molecule has 102 valence electrons. The Bertz CT molecular complexity index is 381. The van der Waals surface area contributed by atoms with Gasteiger partial charge in [-0.05, 0) is 19.1 Å². The van der Waals surface area contributed by atoms with Crippen molar-refractivity contribution in [1.82, 2.24) is 9.97 Å². The molecule has 1 N–H and O–H groups in total. The maximum absolute atomic E-state index is 4.48. The van der Waals surface area contributed by atoms with Crippen LogP contribution in [0.25, 0.3) is 0 Å². The molecule has 1 atom stereocenters. The number of thioether (sulfide) groups is 1. The van der Waals surface area contributed by atoms with Gasteiger partial charge in [-0.1, -0.05) is 13.8 Å². The number of hydrogen-bond acceptors (Lipinski definition) is 5. The quantitative estimate of drug-likeness (QED) is 0.859. The van der Waals surface area contributed by atoms with Gasteiger partial charge < -0.3 is 10.2 Å². The van der Waals surface area contributed by atoms with Crippen LogP contribution >= 0.6 is 11.8 Å². The molecule has 0 aliphatic rings. The number of nitrogens with one attached hydrogen (secondary N) is 1. The smallest absolute Gasteiger partial charge is 0.137 e. The lowest BCUT2D eigenvalue weighted by Crippen LogP contribution is -2.32. The fourth-order valence-electron chi connectivity index (χ4n) is 1.96. The molecule has 1 unspecified atom stereocenters. The van der Waals surface area contributed by atoms with Gasteiger partial charge in [-0.15, -0.1) is 0 Å². The first-order valence-electron chi connectivity index (χ1n) is 6.27. The summed E-state index contributed by atoms with van der Waals surface area (Å²) in [5.74, 6) is 3.45. The van der Waals surface area contributed by atoms with E-state index in [1.807, 2.05) is 18.8 Å². The predicted molar refractivity (Wildman–Crippen MR) is 81.9 cm³/mol. The third kappa shape index (κ3) is 3.28. The van der Waals surface area contributed by atoms with Crippen molar-refractivity contribution in [3.05, 3.63) is 11.9 Å². The van der Waals surface area contributed by atoms with E-state index in [2.05, 4.69) is 54.3 Å². The maximum Gasteiger partial charge on any atom is 0.137 e. The Morgan fingerprint density at radius 2 is 2.00 bits per heavy atom. The summed E-state index contributed by atoms with van der Waals surface area (Å²) < 4.78 is 0. The lowest BCUT2D eigenvalue weighted by atomic mass is 10.0. The molecule has 0 aliphatic heterocycles. The van der Waals surface area contributed by atoms with Crippen LogP contribution in [0, 0.1) is 0 Å². The standard InChI is InChI=1S/C13H24N4S/c1-9(2)11-12(14-4)15-8-16-13(11)17(5)10(3)7-18-6/h8-10H,7H2,1-6H3,(H,14,15,16). The topological polar surface area (TPSA) is 41.1 Å². The van der Waals surface area contributed by atoms with E-state index in [-0.39, 0.29) is 0 Å². The average molecular weight is 268 g/mol. The Balaban J connectivity index is 3.14. The Morgan fingerprint density at radius 1 is 1.33 bits per heavy atom. The molecule has 1 rings (SSSR count). The average Bonchev–Trinajstić information content (AvgIpc) is 2.36. The molecule has 0 aromatic carbocycles. The minimum Gasteiger partial charge on any atom is -0.373 e. The van der Waals surface area contributed by atoms with Crippen molar-refractivity contribution in [2.45, 2.75) is 32.7 Å². The summed E-state index contributed by atoms with van der Waals surface area (Å²) in [6, 6.07) is 0.456. The molecular weight excluding hydrogens is 244 g/mol. The normalized spacial score (nSPS) is 12.6. The summed E-state index contributed by atoms with van der Waals surface area (Å²) in [6.07, 6.45) is 3.77. The van der Waals surface area contributed by atoms with E-state index in [0.717, 1.165) is 17.4 Å². The Morgan fingerprint density at radius 3 is 2.50 bits per heavy atom. The van der Waals surface area contributed by atoms with Crippen molar-refractivity contribution in [1.29, 1.82) is 0 Å². The van der Waals surface area contributed by atoms with Crippen LogP contribution in [0.1, 0.15) is 32.3 Å². The van der Waals surface area contributed by atoms with E-state index in [1.165, 1.54) is 5.56 Å². The van der Waals surface area contributed by atoms with Crippen molar-refractivity contribution in [2.75, 3.05) is 36.3 Å². The van der Waals surface area contributed by atoms with Gasteiger partial charge in [0.25, 0.3) is 0 Å². The van der Waals surface area contributed by atoms with Crippen LogP contribution in [0.5, 0.6) is 0 Å². The van der Waals surface area contributed by atoms with Gasteiger partial charge in [0.1, 0.15) is 18.0 Å². The zero-order valence-electron chi connectivity index (χ0n) is 12.2. The van der Waals surface area contributed by atoms with E-state index in [0.29, 0.717) is 12.0 Å². The molecule has 4 nitrogen and oxygen atoms in total. The van der Waals surface area contributed by atoms with Gasteiger partial charge in [0.05, 0.1) is 0 Å². The highest BCUT2D eigenvalue weighted by Crippen LogP contribution is 2.31. The maximum atomic E-state index is 4.48. The molecule has 0 fully saturated rings. The number of hydrogen-bond donors (Lipinski definition) is 1. The van der Waals surface area contributed by atoms with Gasteiger partial charge in [0.15, 0.2) is 0 Å². The summed E-state index contributed by atoms with van der Waals surface area (Å²) in [5, 5.41) is 3.16. The van der Waals surface area contributed by atoms with Crippen molar-refractivity contribution in [3.8, 4) is 0 Å². The van der Waals surface area contributed by atoms with E-state index in [1.54, 1.807) is 6.33 Å². The monoisotopic (exact) mass is 268 g/mol. The number of anilines is 2. The van der Waals surface area contributed by atoms with E-state index < -0.39 is 0 Å². The summed E-state index contributed by atoms with van der Waals surface area (Å²) in [4.78, 5) is 11.0. The summed E-state index contributed by atoms with van der Waals surface area (Å²) in [7, 11) is 4.01. The van der Waals surface area contributed by atoms with Crippen LogP contribution < -0.4 is 10.2 Å². The van der Waals surface area contributed by atoms with Gasteiger partial charge >= 0.3 is 0 Å². The van der Waals surface area contributed by atoms with Gasteiger partial charge in [-0.2, -0.15) is 11.8 Å². The van der Waals surface area contributed by atoms with Gasteiger partial charge in [0, 0.05) is 31.5 Å². The Kier molecular flexibility index (Phi) is 5.72. The molecule has 1 heterocycles. The van der Waals surface area contributed by atoms with E-state index in [9.17, 15) is 0 Å². The molecule has 0 saturated carbocycles. The second kappa shape index (κ2) is 6.83. The second-order valence-corrected chi connectivity index (χ2v) is 5.69. The first-order valence-corrected chi connectivity index (χ1v) is 7.66. The number of aromatic nitrogens is 2. The first kappa shape index (κ1) is 15.1. The molecule has 0 saturated heterocycles. The van der Waals surface area contributed by atoms with Crippen LogP contribution in [0.15, 0.2) is 6.33 Å². The van der Waals surface area contributed by atoms with Crippen molar-refractivity contribution >= 4 is 23.4 Å². The first-order chi connectivity index (χ1) is 8.52. The van der Waals surface area contributed by atoms with Crippen LogP contribution in [0.3, 0.4) is 0 Å². The van der Waals surface area contributed by atoms with Crippen molar-refractivity contribution in [2.24, 2.45) is 0 Å². The Hall–Kier alpha value is -0.970. The van der Waals surface area contributed by atoms with E-state index in [4.69, 9.17) is 0 Å². The highest BCUT2D eigenvalue weighted by Gasteiger charge is 2.19. The lowest BCUT2D eigenvalue weighted by molar-refractivity contribution is 0.732. The SMILES string of the molecule is CNc1ncnc(N(C)C(C)CSC)c1C(C)C. The van der Waals surface area contributed by atoms with Gasteiger partial charge in [0.2, 0.25) is 0 Å². The van der Waals surface area contributed by atoms with Crippen LogP contribution in [0.4, 0.5) is 11.6 Å². The second-order valence-electron chi connectivity index (χ2n) is 4.78.